The van der Waals surface area contributed by atoms with Crippen LogP contribution in [0, 0.1) is 13.8 Å². The Bertz CT molecular complexity index is 798. The maximum atomic E-state index is 12.4. The quantitative estimate of drug-likeness (QED) is 0.864. The molecule has 3 nitrogen and oxygen atoms in total. The number of rotatable bonds is 4. The van der Waals surface area contributed by atoms with Crippen LogP contribution in [0.4, 0.5) is 5.69 Å². The van der Waals surface area contributed by atoms with E-state index >= 15 is 0 Å². The molecule has 118 valence electrons. The van der Waals surface area contributed by atoms with Crippen LogP contribution < -0.4 is 4.72 Å². The predicted octanol–water partition coefficient (Wildman–Crippen LogP) is 4.88. The molecule has 0 spiro atoms. The molecule has 0 aliphatic heterocycles. The Morgan fingerprint density at radius 2 is 1.68 bits per heavy atom. The van der Waals surface area contributed by atoms with Gasteiger partial charge in [-0.15, -0.1) is 0 Å². The standard InChI is InChI=1S/C17H20ClNO2S/c1-11(2)16-8-6-14(9-13(16)4)19-22(20,21)15-7-5-12(3)17(18)10-15/h5-11,19H,1-4H3. The van der Waals surface area contributed by atoms with Crippen molar-refractivity contribution in [2.75, 3.05) is 4.72 Å². The maximum Gasteiger partial charge on any atom is 0.261 e. The first-order valence-electron chi connectivity index (χ1n) is 7.10. The van der Waals surface area contributed by atoms with E-state index in [2.05, 4.69) is 18.6 Å². The summed E-state index contributed by atoms with van der Waals surface area (Å²) in [5, 5.41) is 0.439. The topological polar surface area (TPSA) is 46.2 Å². The maximum absolute atomic E-state index is 12.4. The minimum absolute atomic E-state index is 0.161. The lowest BCUT2D eigenvalue weighted by atomic mass is 9.98. The molecule has 0 saturated carbocycles. The van der Waals surface area contributed by atoms with Crippen molar-refractivity contribution >= 4 is 27.3 Å². The van der Waals surface area contributed by atoms with Gasteiger partial charge in [-0.05, 0) is 60.7 Å². The van der Waals surface area contributed by atoms with E-state index in [0.29, 0.717) is 16.6 Å². The largest absolute Gasteiger partial charge is 0.280 e. The molecule has 0 fully saturated rings. The van der Waals surface area contributed by atoms with Gasteiger partial charge in [-0.25, -0.2) is 8.42 Å². The van der Waals surface area contributed by atoms with Gasteiger partial charge in [-0.1, -0.05) is 37.6 Å². The van der Waals surface area contributed by atoms with E-state index in [4.69, 9.17) is 11.6 Å². The predicted molar refractivity (Wildman–Crippen MR) is 92.3 cm³/mol. The molecule has 0 radical (unpaired) electrons. The Morgan fingerprint density at radius 3 is 2.23 bits per heavy atom. The molecule has 5 heteroatoms. The number of anilines is 1. The van der Waals surface area contributed by atoms with Gasteiger partial charge in [-0.3, -0.25) is 4.72 Å². The first-order chi connectivity index (χ1) is 10.2. The lowest BCUT2D eigenvalue weighted by Gasteiger charge is -2.13. The molecule has 2 rings (SSSR count). The highest BCUT2D eigenvalue weighted by Gasteiger charge is 2.16. The Kier molecular flexibility index (Phi) is 4.83. The van der Waals surface area contributed by atoms with Crippen LogP contribution in [0.5, 0.6) is 0 Å². The third kappa shape index (κ3) is 3.62. The number of nitrogens with one attached hydrogen (secondary N) is 1. The molecular formula is C17H20ClNO2S. The molecule has 0 atom stereocenters. The van der Waals surface area contributed by atoms with Crippen molar-refractivity contribution in [3.8, 4) is 0 Å². The van der Waals surface area contributed by atoms with Gasteiger partial charge in [0.05, 0.1) is 4.90 Å². The van der Waals surface area contributed by atoms with Crippen LogP contribution in [-0.4, -0.2) is 8.42 Å². The van der Waals surface area contributed by atoms with Gasteiger partial charge in [0.2, 0.25) is 0 Å². The minimum atomic E-state index is -3.64. The summed E-state index contributed by atoms with van der Waals surface area (Å²) in [5.41, 5.74) is 3.68. The SMILES string of the molecule is Cc1ccc(S(=O)(=O)Nc2ccc(C(C)C)c(C)c2)cc1Cl. The number of sulfonamides is 1. The van der Waals surface area contributed by atoms with Gasteiger partial charge in [0, 0.05) is 10.7 Å². The zero-order valence-corrected chi connectivity index (χ0v) is 14.7. The van der Waals surface area contributed by atoms with Crippen molar-refractivity contribution in [3.05, 3.63) is 58.1 Å². The molecule has 0 bridgehead atoms. The van der Waals surface area contributed by atoms with Crippen LogP contribution in [0.3, 0.4) is 0 Å². The van der Waals surface area contributed by atoms with Gasteiger partial charge < -0.3 is 0 Å². The van der Waals surface area contributed by atoms with Crippen molar-refractivity contribution in [2.45, 2.75) is 38.5 Å². The minimum Gasteiger partial charge on any atom is -0.280 e. The number of aryl methyl sites for hydroxylation is 2. The smallest absolute Gasteiger partial charge is 0.261 e. The summed E-state index contributed by atoms with van der Waals surface area (Å²) in [6.45, 7) is 8.04. The first-order valence-corrected chi connectivity index (χ1v) is 8.96. The summed E-state index contributed by atoms with van der Waals surface area (Å²) in [6.07, 6.45) is 0. The molecule has 0 aliphatic carbocycles. The van der Waals surface area contributed by atoms with Crippen LogP contribution in [0.15, 0.2) is 41.3 Å². The highest BCUT2D eigenvalue weighted by molar-refractivity contribution is 7.92. The molecule has 1 N–H and O–H groups in total. The van der Waals surface area contributed by atoms with E-state index in [-0.39, 0.29) is 4.90 Å². The first kappa shape index (κ1) is 16.8. The summed E-state index contributed by atoms with van der Waals surface area (Å²) in [5.74, 6) is 0.404. The molecule has 0 heterocycles. The summed E-state index contributed by atoms with van der Waals surface area (Å²) < 4.78 is 27.5. The molecule has 0 unspecified atom stereocenters. The van der Waals surface area contributed by atoms with E-state index in [9.17, 15) is 8.42 Å². The molecule has 22 heavy (non-hydrogen) atoms. The molecule has 0 amide bonds. The monoisotopic (exact) mass is 337 g/mol. The fraction of sp³-hybridized carbons (Fsp3) is 0.294. The van der Waals surface area contributed by atoms with Crippen LogP contribution in [-0.2, 0) is 10.0 Å². The number of hydrogen-bond donors (Lipinski definition) is 1. The second kappa shape index (κ2) is 6.31. The third-order valence-electron chi connectivity index (χ3n) is 3.60. The lowest BCUT2D eigenvalue weighted by Crippen LogP contribution is -2.13. The van der Waals surface area contributed by atoms with Crippen LogP contribution in [0.1, 0.15) is 36.5 Å². The summed E-state index contributed by atoms with van der Waals surface area (Å²) in [7, 11) is -3.64. The molecule has 0 aromatic heterocycles. The molecule has 0 aliphatic rings. The van der Waals surface area contributed by atoms with Crippen LogP contribution >= 0.6 is 11.6 Å². The molecule has 2 aromatic rings. The third-order valence-corrected chi connectivity index (χ3v) is 5.38. The average molecular weight is 338 g/mol. The van der Waals surface area contributed by atoms with E-state index in [1.165, 1.54) is 11.6 Å². The highest BCUT2D eigenvalue weighted by atomic mass is 35.5. The normalized spacial score (nSPS) is 11.7. The second-order valence-electron chi connectivity index (χ2n) is 5.74. The Labute approximate surface area is 137 Å². The zero-order chi connectivity index (χ0) is 16.5. The van der Waals surface area contributed by atoms with Crippen molar-refractivity contribution < 1.29 is 8.42 Å². The van der Waals surface area contributed by atoms with Gasteiger partial charge in [0.25, 0.3) is 10.0 Å². The van der Waals surface area contributed by atoms with Gasteiger partial charge in [-0.2, -0.15) is 0 Å². The van der Waals surface area contributed by atoms with Crippen LogP contribution in [0.2, 0.25) is 5.02 Å². The molecule has 2 aromatic carbocycles. The number of benzene rings is 2. The van der Waals surface area contributed by atoms with Gasteiger partial charge in [0.15, 0.2) is 0 Å². The summed E-state index contributed by atoms with van der Waals surface area (Å²) in [6, 6.07) is 10.3. The molecular weight excluding hydrogens is 318 g/mol. The van der Waals surface area contributed by atoms with E-state index in [1.807, 2.05) is 26.0 Å². The Hall–Kier alpha value is -1.52. The van der Waals surface area contributed by atoms with Crippen molar-refractivity contribution in [1.82, 2.24) is 0 Å². The van der Waals surface area contributed by atoms with Crippen molar-refractivity contribution in [1.29, 1.82) is 0 Å². The van der Waals surface area contributed by atoms with E-state index in [0.717, 1.165) is 11.1 Å². The number of halogens is 1. The van der Waals surface area contributed by atoms with Crippen molar-refractivity contribution in [2.24, 2.45) is 0 Å². The van der Waals surface area contributed by atoms with Gasteiger partial charge >= 0.3 is 0 Å². The zero-order valence-electron chi connectivity index (χ0n) is 13.1. The summed E-state index contributed by atoms with van der Waals surface area (Å²) >= 11 is 6.01. The van der Waals surface area contributed by atoms with E-state index < -0.39 is 10.0 Å². The fourth-order valence-corrected chi connectivity index (χ4v) is 3.66. The lowest BCUT2D eigenvalue weighted by molar-refractivity contribution is 0.601. The van der Waals surface area contributed by atoms with Gasteiger partial charge in [0.1, 0.15) is 0 Å². The highest BCUT2D eigenvalue weighted by Crippen LogP contribution is 2.25. The van der Waals surface area contributed by atoms with Crippen LogP contribution in [0.25, 0.3) is 0 Å². The summed E-state index contributed by atoms with van der Waals surface area (Å²) in [4.78, 5) is 0.161. The Morgan fingerprint density at radius 1 is 1.00 bits per heavy atom. The fourth-order valence-electron chi connectivity index (χ4n) is 2.34. The van der Waals surface area contributed by atoms with E-state index in [1.54, 1.807) is 18.2 Å². The molecule has 0 saturated heterocycles. The van der Waals surface area contributed by atoms with Crippen molar-refractivity contribution in [3.63, 3.8) is 0 Å². The second-order valence-corrected chi connectivity index (χ2v) is 7.83. The number of hydrogen-bond acceptors (Lipinski definition) is 2. The Balaban J connectivity index is 2.32. The average Bonchev–Trinajstić information content (AvgIpc) is 2.40.